The first-order valence-electron chi connectivity index (χ1n) is 4.41. The number of aliphatic hydroxyl groups is 2. The average Bonchev–Trinajstić information content (AvgIpc) is 2.14. The van der Waals surface area contributed by atoms with Gasteiger partial charge in [0, 0.05) is 13.0 Å². The summed E-state index contributed by atoms with van der Waals surface area (Å²) in [4.78, 5) is 22.1. The Hall–Kier alpha value is -0.940. The van der Waals surface area contributed by atoms with Crippen LogP contribution in [-0.2, 0) is 14.3 Å². The number of carbonyl (C=O) groups excluding carboxylic acids is 2. The largest absolute Gasteiger partial charge is 0.396 e. The molecule has 0 heterocycles. The first-order valence-corrected chi connectivity index (χ1v) is 4.41. The van der Waals surface area contributed by atoms with Gasteiger partial charge in [-0.05, 0) is 20.3 Å². The summed E-state index contributed by atoms with van der Waals surface area (Å²) in [7, 11) is 0. The Morgan fingerprint density at radius 3 is 2.29 bits per heavy atom. The molecule has 0 saturated heterocycles. The van der Waals surface area contributed by atoms with Crippen LogP contribution in [0.5, 0.6) is 0 Å². The topological polar surface area (TPSA) is 83.8 Å². The van der Waals surface area contributed by atoms with Crippen molar-refractivity contribution in [1.29, 1.82) is 0 Å². The lowest BCUT2D eigenvalue weighted by molar-refractivity contribution is -0.167. The standard InChI is InChI=1S/C9H16O5/c1-9(2,6-11)8(13)14-7(12)4-3-5-10/h10-11H,3-6H2,1-2H3. The van der Waals surface area contributed by atoms with Crippen LogP contribution in [0.1, 0.15) is 26.7 Å². The van der Waals surface area contributed by atoms with Gasteiger partial charge < -0.3 is 14.9 Å². The number of hydrogen-bond acceptors (Lipinski definition) is 5. The van der Waals surface area contributed by atoms with Crippen LogP contribution in [-0.4, -0.2) is 35.4 Å². The SMILES string of the molecule is CC(C)(CO)C(=O)OC(=O)CCCO. The van der Waals surface area contributed by atoms with Gasteiger partial charge in [-0.2, -0.15) is 0 Å². The van der Waals surface area contributed by atoms with Gasteiger partial charge in [0.2, 0.25) is 0 Å². The summed E-state index contributed by atoms with van der Waals surface area (Å²) in [6.07, 6.45) is 0.273. The van der Waals surface area contributed by atoms with Crippen LogP contribution in [0.4, 0.5) is 0 Å². The second-order valence-electron chi connectivity index (χ2n) is 3.63. The highest BCUT2D eigenvalue weighted by Crippen LogP contribution is 2.16. The highest BCUT2D eigenvalue weighted by atomic mass is 16.6. The van der Waals surface area contributed by atoms with E-state index < -0.39 is 17.4 Å². The van der Waals surface area contributed by atoms with Gasteiger partial charge in [0.05, 0.1) is 12.0 Å². The van der Waals surface area contributed by atoms with Crippen LogP contribution in [0.15, 0.2) is 0 Å². The molecule has 0 radical (unpaired) electrons. The van der Waals surface area contributed by atoms with Crippen LogP contribution in [0.2, 0.25) is 0 Å². The van der Waals surface area contributed by atoms with Crippen molar-refractivity contribution in [3.05, 3.63) is 0 Å². The molecule has 0 aliphatic rings. The Balaban J connectivity index is 4.00. The molecule has 0 fully saturated rings. The molecule has 0 aliphatic heterocycles. The van der Waals surface area contributed by atoms with E-state index in [-0.39, 0.29) is 26.1 Å². The maximum atomic E-state index is 11.2. The lowest BCUT2D eigenvalue weighted by Crippen LogP contribution is -2.32. The van der Waals surface area contributed by atoms with Gasteiger partial charge in [-0.15, -0.1) is 0 Å². The van der Waals surface area contributed by atoms with Crippen LogP contribution < -0.4 is 0 Å². The van der Waals surface area contributed by atoms with Crippen LogP contribution >= 0.6 is 0 Å². The van der Waals surface area contributed by atoms with E-state index in [9.17, 15) is 9.59 Å². The minimum Gasteiger partial charge on any atom is -0.396 e. The summed E-state index contributed by atoms with van der Waals surface area (Å²) in [6.45, 7) is 2.47. The van der Waals surface area contributed by atoms with Crippen molar-refractivity contribution in [2.45, 2.75) is 26.7 Å². The molecular weight excluding hydrogens is 188 g/mol. The van der Waals surface area contributed by atoms with Crippen LogP contribution in [0.25, 0.3) is 0 Å². The first-order chi connectivity index (χ1) is 6.44. The summed E-state index contributed by atoms with van der Waals surface area (Å²) in [5.41, 5.74) is -1.06. The third-order valence-corrected chi connectivity index (χ3v) is 1.69. The molecule has 0 aromatic heterocycles. The fraction of sp³-hybridized carbons (Fsp3) is 0.778. The fourth-order valence-corrected chi connectivity index (χ4v) is 0.581. The molecule has 0 atom stereocenters. The zero-order valence-corrected chi connectivity index (χ0v) is 8.45. The monoisotopic (exact) mass is 204 g/mol. The summed E-state index contributed by atoms with van der Waals surface area (Å²) < 4.78 is 4.46. The number of hydrogen-bond donors (Lipinski definition) is 2. The van der Waals surface area contributed by atoms with Crippen molar-refractivity contribution in [2.75, 3.05) is 13.2 Å². The van der Waals surface area contributed by atoms with Gasteiger partial charge >= 0.3 is 11.9 Å². The fourth-order valence-electron chi connectivity index (χ4n) is 0.581. The molecule has 5 nitrogen and oxygen atoms in total. The molecule has 0 bridgehead atoms. The number of aliphatic hydroxyl groups excluding tert-OH is 2. The van der Waals surface area contributed by atoms with E-state index in [4.69, 9.17) is 10.2 Å². The molecule has 14 heavy (non-hydrogen) atoms. The molecule has 0 aromatic carbocycles. The quantitative estimate of drug-likeness (QED) is 0.480. The van der Waals surface area contributed by atoms with Gasteiger partial charge in [0.1, 0.15) is 0 Å². The molecule has 0 aliphatic carbocycles. The van der Waals surface area contributed by atoms with Gasteiger partial charge in [0.15, 0.2) is 0 Å². The lowest BCUT2D eigenvalue weighted by atomic mass is 9.95. The molecule has 82 valence electrons. The molecule has 5 heteroatoms. The summed E-state index contributed by atoms with van der Waals surface area (Å²) in [5.74, 6) is -1.42. The predicted molar refractivity (Wildman–Crippen MR) is 48.3 cm³/mol. The second kappa shape index (κ2) is 5.72. The molecule has 0 unspecified atom stereocenters. The van der Waals surface area contributed by atoms with E-state index in [2.05, 4.69) is 4.74 Å². The van der Waals surface area contributed by atoms with E-state index in [0.717, 1.165) is 0 Å². The molecule has 0 spiro atoms. The Morgan fingerprint density at radius 1 is 1.29 bits per heavy atom. The van der Waals surface area contributed by atoms with Crippen molar-refractivity contribution < 1.29 is 24.5 Å². The summed E-state index contributed by atoms with van der Waals surface area (Å²) in [6, 6.07) is 0. The van der Waals surface area contributed by atoms with E-state index in [1.165, 1.54) is 13.8 Å². The van der Waals surface area contributed by atoms with E-state index in [1.807, 2.05) is 0 Å². The summed E-state index contributed by atoms with van der Waals surface area (Å²) in [5, 5.41) is 17.2. The molecule has 0 rings (SSSR count). The lowest BCUT2D eigenvalue weighted by Gasteiger charge is -2.18. The Kier molecular flexibility index (Phi) is 5.34. The molecule has 2 N–H and O–H groups in total. The van der Waals surface area contributed by atoms with Gasteiger partial charge in [-0.1, -0.05) is 0 Å². The normalized spacial score (nSPS) is 11.1. The Labute approximate surface area is 82.7 Å². The summed E-state index contributed by atoms with van der Waals surface area (Å²) >= 11 is 0. The molecule has 0 amide bonds. The third-order valence-electron chi connectivity index (χ3n) is 1.69. The maximum Gasteiger partial charge on any atom is 0.321 e. The van der Waals surface area contributed by atoms with E-state index >= 15 is 0 Å². The molecule has 0 saturated carbocycles. The first kappa shape index (κ1) is 13.1. The van der Waals surface area contributed by atoms with Gasteiger partial charge in [-0.25, -0.2) is 0 Å². The highest BCUT2D eigenvalue weighted by Gasteiger charge is 2.30. The number of carbonyl (C=O) groups is 2. The van der Waals surface area contributed by atoms with Crippen molar-refractivity contribution in [2.24, 2.45) is 5.41 Å². The minimum atomic E-state index is -1.06. The van der Waals surface area contributed by atoms with Crippen LogP contribution in [0.3, 0.4) is 0 Å². The van der Waals surface area contributed by atoms with Gasteiger partial charge in [0.25, 0.3) is 0 Å². The Bertz CT molecular complexity index is 209. The van der Waals surface area contributed by atoms with Crippen molar-refractivity contribution in [3.8, 4) is 0 Å². The second-order valence-corrected chi connectivity index (χ2v) is 3.63. The van der Waals surface area contributed by atoms with E-state index in [1.54, 1.807) is 0 Å². The average molecular weight is 204 g/mol. The third kappa shape index (κ3) is 4.34. The van der Waals surface area contributed by atoms with Gasteiger partial charge in [-0.3, -0.25) is 9.59 Å². The highest BCUT2D eigenvalue weighted by molar-refractivity contribution is 5.88. The Morgan fingerprint density at radius 2 is 1.86 bits per heavy atom. The number of ether oxygens (including phenoxy) is 1. The molecule has 0 aromatic rings. The smallest absolute Gasteiger partial charge is 0.321 e. The van der Waals surface area contributed by atoms with Crippen LogP contribution in [0, 0.1) is 5.41 Å². The van der Waals surface area contributed by atoms with Crippen molar-refractivity contribution in [3.63, 3.8) is 0 Å². The zero-order chi connectivity index (χ0) is 11.2. The minimum absolute atomic E-state index is 0.00372. The van der Waals surface area contributed by atoms with Crippen molar-refractivity contribution >= 4 is 11.9 Å². The van der Waals surface area contributed by atoms with E-state index in [0.29, 0.717) is 0 Å². The molecular formula is C9H16O5. The zero-order valence-electron chi connectivity index (χ0n) is 8.45. The maximum absolute atomic E-state index is 11.2. The number of rotatable bonds is 5. The predicted octanol–water partition coefficient (Wildman–Crippen LogP) is -0.153. The van der Waals surface area contributed by atoms with Crippen molar-refractivity contribution in [1.82, 2.24) is 0 Å². The number of esters is 2.